The Hall–Kier alpha value is -0.0400. The van der Waals surface area contributed by atoms with Gasteiger partial charge in [0.05, 0.1) is 20.6 Å². The summed E-state index contributed by atoms with van der Waals surface area (Å²) >= 11 is 0. The van der Waals surface area contributed by atoms with Gasteiger partial charge in [-0.3, -0.25) is 0 Å². The van der Waals surface area contributed by atoms with Gasteiger partial charge < -0.3 is 4.48 Å². The van der Waals surface area contributed by atoms with Gasteiger partial charge in [-0.1, -0.05) is 58.3 Å². The topological polar surface area (TPSA) is 0 Å². The minimum atomic E-state index is 0.622. The molecule has 0 spiro atoms. The molecule has 0 rings (SSSR count). The summed E-state index contributed by atoms with van der Waals surface area (Å²) in [7, 11) is 10.0. The highest BCUT2D eigenvalue weighted by Gasteiger charge is 2.06. The van der Waals surface area contributed by atoms with Crippen LogP contribution in [0.5, 0.6) is 0 Å². The third kappa shape index (κ3) is 14.0. The number of hydrogen-bond acceptors (Lipinski definition) is 0. The van der Waals surface area contributed by atoms with Gasteiger partial charge in [0.2, 0.25) is 7.05 Å². The molecule has 0 fully saturated rings. The normalized spacial score (nSPS) is 12.0. The van der Waals surface area contributed by atoms with E-state index in [1.165, 1.54) is 64.2 Å². The highest BCUT2D eigenvalue weighted by Crippen LogP contribution is 2.11. The monoisotopic (exact) mass is 226 g/mol. The van der Waals surface area contributed by atoms with Crippen molar-refractivity contribution in [2.24, 2.45) is 0 Å². The minimum absolute atomic E-state index is 0.622. The third-order valence-electron chi connectivity index (χ3n) is 3.09. The van der Waals surface area contributed by atoms with Crippen LogP contribution in [0.3, 0.4) is 0 Å². The first-order valence-corrected chi connectivity index (χ1v) is 7.18. The van der Waals surface area contributed by atoms with E-state index in [9.17, 15) is 0 Å². The lowest BCUT2D eigenvalue weighted by Gasteiger charge is -2.21. The van der Waals surface area contributed by atoms with E-state index in [1.54, 1.807) is 0 Å². The van der Waals surface area contributed by atoms with Crippen molar-refractivity contribution in [3.05, 3.63) is 7.05 Å². The fourth-order valence-corrected chi connectivity index (χ4v) is 2.01. The zero-order valence-electron chi connectivity index (χ0n) is 11.8. The highest BCUT2D eigenvalue weighted by atomic mass is 15.3. The Morgan fingerprint density at radius 1 is 0.688 bits per heavy atom. The largest absolute Gasteiger partial charge is 0.316 e. The summed E-state index contributed by atoms with van der Waals surface area (Å²) in [6, 6.07) is 0. The molecule has 96 valence electrons. The molecule has 0 aliphatic rings. The van der Waals surface area contributed by atoms with E-state index in [4.69, 9.17) is 7.05 Å². The summed E-state index contributed by atoms with van der Waals surface area (Å²) in [6.07, 6.45) is 14.0. The second kappa shape index (κ2) is 10.1. The molecular formula is C15H32N+. The average molecular weight is 226 g/mol. The van der Waals surface area contributed by atoms with Crippen molar-refractivity contribution < 1.29 is 4.48 Å². The lowest BCUT2D eigenvalue weighted by molar-refractivity contribution is -0.845. The lowest BCUT2D eigenvalue weighted by atomic mass is 10.1. The molecule has 1 heteroatoms. The summed E-state index contributed by atoms with van der Waals surface area (Å²) in [4.78, 5) is 0. The Morgan fingerprint density at radius 2 is 1.06 bits per heavy atom. The van der Waals surface area contributed by atoms with Crippen LogP contribution >= 0.6 is 0 Å². The van der Waals surface area contributed by atoms with Crippen molar-refractivity contribution >= 4 is 0 Å². The molecule has 0 aliphatic heterocycles. The molecule has 0 heterocycles. The number of quaternary nitrogens is 1. The first-order chi connectivity index (χ1) is 7.56. The summed E-state index contributed by atoms with van der Waals surface area (Å²) in [5.41, 5.74) is 0. The van der Waals surface area contributed by atoms with E-state index in [0.717, 1.165) is 6.54 Å². The average Bonchev–Trinajstić information content (AvgIpc) is 2.19. The van der Waals surface area contributed by atoms with Crippen molar-refractivity contribution in [2.45, 2.75) is 71.1 Å². The molecule has 0 aliphatic carbocycles. The van der Waals surface area contributed by atoms with Crippen LogP contribution in [0.2, 0.25) is 0 Å². The maximum absolute atomic E-state index is 5.88. The molecule has 1 nitrogen and oxygen atoms in total. The van der Waals surface area contributed by atoms with Gasteiger partial charge in [0.25, 0.3) is 0 Å². The van der Waals surface area contributed by atoms with Crippen molar-refractivity contribution in [3.63, 3.8) is 0 Å². The van der Waals surface area contributed by atoms with Gasteiger partial charge in [0, 0.05) is 0 Å². The van der Waals surface area contributed by atoms with Crippen LogP contribution < -0.4 is 0 Å². The number of nitrogens with zero attached hydrogens (tertiary/aromatic N) is 1. The van der Waals surface area contributed by atoms with E-state index in [-0.39, 0.29) is 0 Å². The molecular weight excluding hydrogens is 194 g/mol. The Morgan fingerprint density at radius 3 is 1.44 bits per heavy atom. The standard InChI is InChI=1S/C15H32N/c1-5-6-7-8-9-10-11-12-13-14-15-16(2,3)4/h2H,5-15H2,1,3-4H3/q+1. The molecule has 0 aromatic rings. The van der Waals surface area contributed by atoms with Crippen LogP contribution in [0.25, 0.3) is 0 Å². The Balaban J connectivity index is 2.99. The van der Waals surface area contributed by atoms with Crippen LogP contribution in [0.4, 0.5) is 0 Å². The number of rotatable bonds is 11. The SMILES string of the molecule is [CH][N+](C)(C)CCCCCCCCCCCC. The molecule has 0 saturated heterocycles. The van der Waals surface area contributed by atoms with Crippen molar-refractivity contribution in [2.75, 3.05) is 20.6 Å². The van der Waals surface area contributed by atoms with Crippen LogP contribution in [-0.4, -0.2) is 25.1 Å². The predicted molar refractivity (Wildman–Crippen MR) is 73.1 cm³/mol. The Kier molecular flexibility index (Phi) is 10.1. The van der Waals surface area contributed by atoms with Gasteiger partial charge in [0.1, 0.15) is 0 Å². The molecule has 0 atom stereocenters. The molecule has 0 unspecified atom stereocenters. The van der Waals surface area contributed by atoms with Crippen LogP contribution in [-0.2, 0) is 0 Å². The smallest absolute Gasteiger partial charge is 0.206 e. The van der Waals surface area contributed by atoms with E-state index in [1.807, 2.05) is 0 Å². The van der Waals surface area contributed by atoms with E-state index >= 15 is 0 Å². The van der Waals surface area contributed by atoms with E-state index < -0.39 is 0 Å². The molecule has 0 saturated carbocycles. The summed E-state index contributed by atoms with van der Waals surface area (Å²) < 4.78 is 0.622. The second-order valence-corrected chi connectivity index (χ2v) is 5.68. The minimum Gasteiger partial charge on any atom is -0.316 e. The number of hydrogen-bond donors (Lipinski definition) is 0. The summed E-state index contributed by atoms with van der Waals surface area (Å²) in [5.74, 6) is 0. The second-order valence-electron chi connectivity index (χ2n) is 5.68. The lowest BCUT2D eigenvalue weighted by Crippen LogP contribution is -2.32. The zero-order chi connectivity index (χ0) is 12.3. The van der Waals surface area contributed by atoms with Gasteiger partial charge in [-0.15, -0.1) is 0 Å². The zero-order valence-corrected chi connectivity index (χ0v) is 11.8. The fourth-order valence-electron chi connectivity index (χ4n) is 2.01. The maximum atomic E-state index is 5.88. The van der Waals surface area contributed by atoms with Crippen molar-refractivity contribution in [1.82, 2.24) is 0 Å². The molecule has 2 radical (unpaired) electrons. The van der Waals surface area contributed by atoms with Crippen LogP contribution in [0.1, 0.15) is 71.1 Å². The predicted octanol–water partition coefficient (Wildman–Crippen LogP) is 4.65. The van der Waals surface area contributed by atoms with Crippen molar-refractivity contribution in [1.29, 1.82) is 0 Å². The third-order valence-corrected chi connectivity index (χ3v) is 3.09. The molecule has 0 bridgehead atoms. The van der Waals surface area contributed by atoms with Gasteiger partial charge in [-0.2, -0.15) is 0 Å². The van der Waals surface area contributed by atoms with Crippen molar-refractivity contribution in [3.8, 4) is 0 Å². The van der Waals surface area contributed by atoms with Gasteiger partial charge >= 0.3 is 0 Å². The van der Waals surface area contributed by atoms with E-state index in [2.05, 4.69) is 21.0 Å². The Labute approximate surface area is 104 Å². The number of unbranched alkanes of at least 4 members (excludes halogenated alkanes) is 9. The quantitative estimate of drug-likeness (QED) is 0.355. The summed E-state index contributed by atoms with van der Waals surface area (Å²) in [6.45, 7) is 3.38. The molecule has 0 amide bonds. The van der Waals surface area contributed by atoms with E-state index in [0.29, 0.717) is 4.48 Å². The molecule has 16 heavy (non-hydrogen) atoms. The molecule has 0 aromatic carbocycles. The van der Waals surface area contributed by atoms with Gasteiger partial charge in [-0.25, -0.2) is 0 Å². The first-order valence-electron chi connectivity index (χ1n) is 7.18. The van der Waals surface area contributed by atoms with Crippen LogP contribution in [0.15, 0.2) is 0 Å². The summed E-state index contributed by atoms with van der Waals surface area (Å²) in [5, 5.41) is 0. The Bertz CT molecular complexity index is 135. The first kappa shape index (κ1) is 16.0. The van der Waals surface area contributed by atoms with Gasteiger partial charge in [-0.05, 0) is 12.8 Å². The highest BCUT2D eigenvalue weighted by molar-refractivity contribution is 4.47. The molecule has 0 N–H and O–H groups in total. The maximum Gasteiger partial charge on any atom is 0.206 e. The van der Waals surface area contributed by atoms with Gasteiger partial charge in [0.15, 0.2) is 0 Å². The van der Waals surface area contributed by atoms with Crippen LogP contribution in [0, 0.1) is 7.05 Å². The fraction of sp³-hybridized carbons (Fsp3) is 0.933. The molecule has 0 aromatic heterocycles.